The Labute approximate surface area is 101 Å². The number of rotatable bonds is 0. The Balaban J connectivity index is -0.000000218. The average Bonchev–Trinajstić information content (AvgIpc) is 1.77. The molecule has 0 aliphatic rings. The Morgan fingerprint density at radius 2 is 0.706 bits per heavy atom. The van der Waals surface area contributed by atoms with E-state index in [0.717, 1.165) is 0 Å². The van der Waals surface area contributed by atoms with Gasteiger partial charge in [-0.2, -0.15) is 26.3 Å². The SMILES string of the molecule is O=S(=O)([O-])C(F)(F)F.O=S(=O)([O-])C(F)(F)F.[Fe+3]. The Bertz CT molecular complexity index is 374. The molecule has 15 heteroatoms. The number of hydrogen-bond acceptors (Lipinski definition) is 6. The van der Waals surface area contributed by atoms with Crippen LogP contribution >= 0.6 is 0 Å². The van der Waals surface area contributed by atoms with Crippen LogP contribution in [-0.4, -0.2) is 37.0 Å². The van der Waals surface area contributed by atoms with Gasteiger partial charge >= 0.3 is 28.1 Å². The minimum Gasteiger partial charge on any atom is -0.741 e. The van der Waals surface area contributed by atoms with Crippen molar-refractivity contribution in [3.05, 3.63) is 0 Å². The third-order valence-electron chi connectivity index (χ3n) is 0.567. The van der Waals surface area contributed by atoms with Crippen molar-refractivity contribution >= 4 is 20.2 Å². The minimum atomic E-state index is -6.09. The standard InChI is InChI=1S/2CHF3O3S.Fe/c2*2-1(3,4)8(5,6)7;/h2*(H,5,6,7);/q;;+3/p-2. The van der Waals surface area contributed by atoms with Crippen LogP contribution in [-0.2, 0) is 37.3 Å². The molecule has 0 aromatic carbocycles. The van der Waals surface area contributed by atoms with Crippen LogP contribution in [0.4, 0.5) is 26.3 Å². The summed E-state index contributed by atoms with van der Waals surface area (Å²) >= 11 is 0. The van der Waals surface area contributed by atoms with Crippen LogP contribution < -0.4 is 0 Å². The van der Waals surface area contributed by atoms with Gasteiger partial charge in [-0.1, -0.05) is 0 Å². The molecule has 0 N–H and O–H groups in total. The molecule has 0 aromatic rings. The second-order valence-corrected chi connectivity index (χ2v) is 4.54. The maximum Gasteiger partial charge on any atom is 3.00 e. The normalized spacial score (nSPS) is 13.2. The van der Waals surface area contributed by atoms with E-state index in [0.29, 0.717) is 0 Å². The zero-order chi connectivity index (χ0) is 14.0. The van der Waals surface area contributed by atoms with Crippen molar-refractivity contribution < 1.29 is 69.4 Å². The zero-order valence-electron chi connectivity index (χ0n) is 6.89. The Morgan fingerprint density at radius 3 is 0.706 bits per heavy atom. The first-order chi connectivity index (χ1) is 6.50. The molecule has 105 valence electrons. The van der Waals surface area contributed by atoms with Crippen LogP contribution in [0.5, 0.6) is 0 Å². The predicted molar refractivity (Wildman–Crippen MR) is 31.5 cm³/mol. The molecule has 0 spiro atoms. The smallest absolute Gasteiger partial charge is 0.741 e. The van der Waals surface area contributed by atoms with Gasteiger partial charge in [0.25, 0.3) is 0 Å². The molecule has 0 aromatic heterocycles. The van der Waals surface area contributed by atoms with Crippen LogP contribution in [0.15, 0.2) is 0 Å². The molecule has 0 amide bonds. The molecule has 0 atom stereocenters. The first-order valence-electron chi connectivity index (χ1n) is 2.54. The van der Waals surface area contributed by atoms with E-state index in [-0.39, 0.29) is 17.1 Å². The summed E-state index contributed by atoms with van der Waals surface area (Å²) in [6, 6.07) is 0. The fourth-order valence-electron chi connectivity index (χ4n) is 0. The Kier molecular flexibility index (Phi) is 8.06. The minimum absolute atomic E-state index is 0. The Morgan fingerprint density at radius 1 is 0.647 bits per heavy atom. The molecular weight excluding hydrogens is 354 g/mol. The van der Waals surface area contributed by atoms with Crippen molar-refractivity contribution in [2.24, 2.45) is 0 Å². The summed E-state index contributed by atoms with van der Waals surface area (Å²) in [6.45, 7) is 0. The number of halogens is 6. The Hall–Kier alpha value is -0.0805. The summed E-state index contributed by atoms with van der Waals surface area (Å²) in [6.07, 6.45) is 0. The maximum atomic E-state index is 10.7. The number of hydrogen-bond donors (Lipinski definition) is 0. The van der Waals surface area contributed by atoms with Crippen molar-refractivity contribution in [2.45, 2.75) is 11.0 Å². The summed E-state index contributed by atoms with van der Waals surface area (Å²) < 4.78 is 118. The molecular formula is C2F6FeO6S2+. The molecule has 1 radical (unpaired) electrons. The molecule has 0 rings (SSSR count). The van der Waals surface area contributed by atoms with Gasteiger partial charge in [0, 0.05) is 0 Å². The maximum absolute atomic E-state index is 10.7. The monoisotopic (exact) mass is 354 g/mol. The van der Waals surface area contributed by atoms with E-state index >= 15 is 0 Å². The molecule has 0 unspecified atom stereocenters. The van der Waals surface area contributed by atoms with Gasteiger partial charge in [-0.25, -0.2) is 16.8 Å². The van der Waals surface area contributed by atoms with Gasteiger partial charge in [0.15, 0.2) is 20.2 Å². The van der Waals surface area contributed by atoms with Gasteiger partial charge in [0.05, 0.1) is 0 Å². The van der Waals surface area contributed by atoms with E-state index in [1.165, 1.54) is 0 Å². The van der Waals surface area contributed by atoms with E-state index in [2.05, 4.69) is 0 Å². The average molecular weight is 354 g/mol. The molecule has 0 heterocycles. The van der Waals surface area contributed by atoms with Crippen LogP contribution in [0.25, 0.3) is 0 Å². The molecule has 0 aliphatic heterocycles. The van der Waals surface area contributed by atoms with E-state index in [4.69, 9.17) is 25.9 Å². The summed E-state index contributed by atoms with van der Waals surface area (Å²) in [5.74, 6) is 0. The van der Waals surface area contributed by atoms with Crippen LogP contribution in [0, 0.1) is 0 Å². The quantitative estimate of drug-likeness (QED) is 0.264. The predicted octanol–water partition coefficient (Wildman–Crippen LogP) is 0.100. The van der Waals surface area contributed by atoms with Gasteiger partial charge in [-0.15, -0.1) is 0 Å². The first-order valence-corrected chi connectivity index (χ1v) is 5.36. The topological polar surface area (TPSA) is 114 Å². The molecule has 0 aliphatic carbocycles. The van der Waals surface area contributed by atoms with E-state index in [1.807, 2.05) is 0 Å². The van der Waals surface area contributed by atoms with Crippen LogP contribution in [0.2, 0.25) is 0 Å². The zero-order valence-corrected chi connectivity index (χ0v) is 9.62. The third kappa shape index (κ3) is 9.61. The molecule has 17 heavy (non-hydrogen) atoms. The first kappa shape index (κ1) is 22.1. The van der Waals surface area contributed by atoms with Gasteiger partial charge in [-0.05, 0) is 0 Å². The van der Waals surface area contributed by atoms with E-state index in [1.54, 1.807) is 0 Å². The number of alkyl halides is 6. The molecule has 0 fully saturated rings. The third-order valence-corrected chi connectivity index (χ3v) is 1.70. The van der Waals surface area contributed by atoms with Gasteiger partial charge in [0.2, 0.25) is 0 Å². The summed E-state index contributed by atoms with van der Waals surface area (Å²) in [5.41, 5.74) is -11.3. The van der Waals surface area contributed by atoms with Crippen LogP contribution in [0.3, 0.4) is 0 Å². The van der Waals surface area contributed by atoms with Crippen molar-refractivity contribution in [3.8, 4) is 0 Å². The van der Waals surface area contributed by atoms with Gasteiger partial charge in [-0.3, -0.25) is 0 Å². The largest absolute Gasteiger partial charge is 3.00 e. The molecule has 0 saturated carbocycles. The second-order valence-electron chi connectivity index (χ2n) is 1.80. The van der Waals surface area contributed by atoms with Gasteiger partial charge < -0.3 is 9.11 Å². The van der Waals surface area contributed by atoms with Crippen molar-refractivity contribution in [1.82, 2.24) is 0 Å². The summed E-state index contributed by atoms with van der Waals surface area (Å²) in [5, 5.41) is 0. The molecule has 0 bridgehead atoms. The van der Waals surface area contributed by atoms with Crippen molar-refractivity contribution in [2.75, 3.05) is 0 Å². The van der Waals surface area contributed by atoms with Crippen molar-refractivity contribution in [3.63, 3.8) is 0 Å². The second kappa shape index (κ2) is 6.19. The molecule has 6 nitrogen and oxygen atoms in total. The fraction of sp³-hybridized carbons (Fsp3) is 1.00. The van der Waals surface area contributed by atoms with Crippen LogP contribution in [0.1, 0.15) is 0 Å². The van der Waals surface area contributed by atoms with E-state index in [9.17, 15) is 26.3 Å². The molecule has 0 saturated heterocycles. The van der Waals surface area contributed by atoms with Gasteiger partial charge in [0.1, 0.15) is 0 Å². The van der Waals surface area contributed by atoms with Crippen molar-refractivity contribution in [1.29, 1.82) is 0 Å². The van der Waals surface area contributed by atoms with E-state index < -0.39 is 31.3 Å². The summed E-state index contributed by atoms with van der Waals surface area (Å²) in [4.78, 5) is 0. The summed E-state index contributed by atoms with van der Waals surface area (Å²) in [7, 11) is -12.2. The fourth-order valence-corrected chi connectivity index (χ4v) is 0.